The molecule has 3 N–H and O–H groups in total. The van der Waals surface area contributed by atoms with Crippen LogP contribution in [0.25, 0.3) is 0 Å². The van der Waals surface area contributed by atoms with Crippen molar-refractivity contribution in [2.45, 2.75) is 122 Å². The van der Waals surface area contributed by atoms with E-state index in [-0.39, 0.29) is 25.6 Å². The molecule has 0 saturated heterocycles. The van der Waals surface area contributed by atoms with Crippen molar-refractivity contribution < 1.29 is 43.0 Å². The predicted molar refractivity (Wildman–Crippen MR) is 162 cm³/mol. The summed E-state index contributed by atoms with van der Waals surface area (Å²) in [5.41, 5.74) is 0. The first-order valence-corrected chi connectivity index (χ1v) is 16.6. The Bertz CT molecular complexity index is 829. The predicted octanol–water partition coefficient (Wildman–Crippen LogP) is 7.03. The third kappa shape index (κ3) is 29.3. The zero-order valence-electron chi connectivity index (χ0n) is 25.0. The molecule has 0 aromatic rings. The van der Waals surface area contributed by atoms with Crippen LogP contribution in [0.5, 0.6) is 0 Å². The maximum Gasteiger partial charge on any atom is 0.469 e. The van der Waals surface area contributed by atoms with Crippen LogP contribution < -0.4 is 0 Å². The van der Waals surface area contributed by atoms with Crippen LogP contribution in [0.1, 0.15) is 110 Å². The number of rotatable bonds is 26. The second-order valence-corrected chi connectivity index (χ2v) is 11.2. The van der Waals surface area contributed by atoms with E-state index in [1.807, 2.05) is 36.5 Å². The van der Waals surface area contributed by atoms with Gasteiger partial charge in [-0.25, -0.2) is 4.57 Å². The van der Waals surface area contributed by atoms with Gasteiger partial charge in [-0.2, -0.15) is 0 Å². The molecule has 0 aromatic heterocycles. The highest BCUT2D eigenvalue weighted by atomic mass is 31.2. The van der Waals surface area contributed by atoms with Crippen molar-refractivity contribution in [3.63, 3.8) is 0 Å². The van der Waals surface area contributed by atoms with Crippen LogP contribution in [-0.4, -0.2) is 52.3 Å². The Morgan fingerprint density at radius 1 is 0.756 bits per heavy atom. The molecule has 236 valence electrons. The number of hydrogen-bond donors (Lipinski definition) is 3. The number of carbonyl (C=O) groups is 2. The van der Waals surface area contributed by atoms with E-state index in [1.54, 1.807) is 0 Å². The van der Waals surface area contributed by atoms with Crippen LogP contribution in [0.15, 0.2) is 48.6 Å². The first kappa shape index (κ1) is 39.0. The summed E-state index contributed by atoms with van der Waals surface area (Å²) >= 11 is 0. The molecule has 9 nitrogen and oxygen atoms in total. The van der Waals surface area contributed by atoms with E-state index in [9.17, 15) is 19.3 Å². The maximum absolute atomic E-state index is 12.1. The molecular formula is C31H53O9P. The molecule has 0 rings (SSSR count). The van der Waals surface area contributed by atoms with Crippen molar-refractivity contribution in [2.24, 2.45) is 0 Å². The Morgan fingerprint density at radius 2 is 1.39 bits per heavy atom. The largest absolute Gasteiger partial charge is 0.469 e. The lowest BCUT2D eigenvalue weighted by atomic mass is 10.1. The lowest BCUT2D eigenvalue weighted by Crippen LogP contribution is -2.29. The van der Waals surface area contributed by atoms with Crippen LogP contribution in [0.2, 0.25) is 0 Å². The van der Waals surface area contributed by atoms with E-state index in [2.05, 4.69) is 30.5 Å². The fourth-order valence-electron chi connectivity index (χ4n) is 3.65. The van der Waals surface area contributed by atoms with Crippen molar-refractivity contribution in [3.05, 3.63) is 48.6 Å². The smallest absolute Gasteiger partial charge is 0.462 e. The lowest BCUT2D eigenvalue weighted by molar-refractivity contribution is -0.161. The van der Waals surface area contributed by atoms with Crippen LogP contribution in [0.4, 0.5) is 0 Å². The van der Waals surface area contributed by atoms with Crippen LogP contribution in [0, 0.1) is 0 Å². The Kier molecular flexibility index (Phi) is 25.5. The number of ether oxygens (including phenoxy) is 2. The summed E-state index contributed by atoms with van der Waals surface area (Å²) in [5.74, 6) is -0.999. The molecule has 0 radical (unpaired) electrons. The van der Waals surface area contributed by atoms with Crippen LogP contribution >= 0.6 is 7.82 Å². The second kappa shape index (κ2) is 26.8. The second-order valence-electron chi connectivity index (χ2n) is 9.93. The van der Waals surface area contributed by atoms with Gasteiger partial charge in [0.2, 0.25) is 0 Å². The molecular weight excluding hydrogens is 547 g/mol. The van der Waals surface area contributed by atoms with Gasteiger partial charge in [-0.15, -0.1) is 0 Å². The number of aliphatic hydroxyl groups excluding tert-OH is 1. The van der Waals surface area contributed by atoms with Gasteiger partial charge in [-0.05, 0) is 38.5 Å². The van der Waals surface area contributed by atoms with Gasteiger partial charge >= 0.3 is 19.8 Å². The lowest BCUT2D eigenvalue weighted by Gasteiger charge is -2.18. The van der Waals surface area contributed by atoms with Gasteiger partial charge in [0, 0.05) is 12.8 Å². The molecule has 0 bridgehead atoms. The van der Waals surface area contributed by atoms with Gasteiger partial charge < -0.3 is 24.4 Å². The highest BCUT2D eigenvalue weighted by Gasteiger charge is 2.22. The summed E-state index contributed by atoms with van der Waals surface area (Å²) in [6.07, 6.45) is 26.5. The van der Waals surface area contributed by atoms with E-state index >= 15 is 0 Å². The average molecular weight is 601 g/mol. The molecule has 0 aliphatic rings. The van der Waals surface area contributed by atoms with Gasteiger partial charge in [-0.3, -0.25) is 14.1 Å². The molecule has 0 aromatic carbocycles. The molecule has 0 aliphatic heterocycles. The fourth-order valence-corrected chi connectivity index (χ4v) is 4.01. The third-order valence-electron chi connectivity index (χ3n) is 5.95. The number of phosphoric acid groups is 1. The van der Waals surface area contributed by atoms with Gasteiger partial charge in [0.1, 0.15) is 6.61 Å². The molecule has 0 unspecified atom stereocenters. The molecule has 2 atom stereocenters. The summed E-state index contributed by atoms with van der Waals surface area (Å²) in [6, 6.07) is 0. The van der Waals surface area contributed by atoms with E-state index < -0.39 is 32.5 Å². The van der Waals surface area contributed by atoms with Crippen molar-refractivity contribution in [1.29, 1.82) is 0 Å². The first-order valence-electron chi connectivity index (χ1n) is 15.0. The monoisotopic (exact) mass is 600 g/mol. The number of aliphatic hydroxyl groups is 1. The van der Waals surface area contributed by atoms with E-state index in [0.717, 1.165) is 64.2 Å². The minimum atomic E-state index is -4.75. The molecule has 0 heterocycles. The number of unbranched alkanes of at least 4 members (excludes halogenated alkanes) is 7. The van der Waals surface area contributed by atoms with Gasteiger partial charge in [0.05, 0.1) is 12.7 Å². The van der Waals surface area contributed by atoms with E-state index in [1.165, 1.54) is 0 Å². The zero-order valence-corrected chi connectivity index (χ0v) is 25.9. The quantitative estimate of drug-likeness (QED) is 0.0314. The van der Waals surface area contributed by atoms with Gasteiger partial charge in [0.25, 0.3) is 0 Å². The zero-order chi connectivity index (χ0) is 30.6. The molecule has 0 spiro atoms. The summed E-state index contributed by atoms with van der Waals surface area (Å²) in [7, 11) is -4.75. The van der Waals surface area contributed by atoms with Crippen molar-refractivity contribution in [3.8, 4) is 0 Å². The van der Waals surface area contributed by atoms with Crippen LogP contribution in [-0.2, 0) is 28.2 Å². The summed E-state index contributed by atoms with van der Waals surface area (Å²) in [4.78, 5) is 42.0. The topological polar surface area (TPSA) is 140 Å². The Labute approximate surface area is 247 Å². The highest BCUT2D eigenvalue weighted by Crippen LogP contribution is 2.35. The summed E-state index contributed by atoms with van der Waals surface area (Å²) in [5, 5.41) is 9.82. The number of esters is 2. The van der Waals surface area contributed by atoms with E-state index in [0.29, 0.717) is 19.3 Å². The molecule has 0 saturated carbocycles. The van der Waals surface area contributed by atoms with Crippen molar-refractivity contribution >= 4 is 19.8 Å². The van der Waals surface area contributed by atoms with Gasteiger partial charge in [-0.1, -0.05) is 107 Å². The molecule has 0 amide bonds. The van der Waals surface area contributed by atoms with Gasteiger partial charge in [0.15, 0.2) is 6.10 Å². The van der Waals surface area contributed by atoms with E-state index in [4.69, 9.17) is 19.3 Å². The van der Waals surface area contributed by atoms with Crippen molar-refractivity contribution in [2.75, 3.05) is 13.2 Å². The number of carbonyl (C=O) groups excluding carboxylic acids is 2. The number of hydrogen-bond acceptors (Lipinski definition) is 7. The van der Waals surface area contributed by atoms with Crippen LogP contribution in [0.3, 0.4) is 0 Å². The minimum absolute atomic E-state index is 0.170. The number of allylic oxidation sites excluding steroid dienone is 7. The number of phosphoric ester groups is 1. The summed E-state index contributed by atoms with van der Waals surface area (Å²) in [6.45, 7) is 3.35. The fraction of sp³-hybridized carbons (Fsp3) is 0.677. The maximum atomic E-state index is 12.1. The normalized spacial score (nSPS) is 14.0. The molecule has 0 aliphatic carbocycles. The molecule has 0 fully saturated rings. The average Bonchev–Trinajstić information content (AvgIpc) is 2.92. The standard InChI is InChI=1S/C31H53O9P/c1-3-5-7-15-21-25-31(34)40-29(27-39-41(35,36)37)26-38-30(33)24-20-17-14-12-10-8-9-11-13-16-19-23-28(32)22-18-6-4-2/h8-9,12-14,16,19,23,28-29,32H,3-7,10-11,15,17-18,20-22,24-27H2,1-2H3,(H2,35,36,37)/b9-8-,14-12-,16-13-,23-19+/t28-,29-/m1/s1. The third-order valence-corrected chi connectivity index (χ3v) is 6.44. The summed E-state index contributed by atoms with van der Waals surface area (Å²) < 4.78 is 25.9. The Morgan fingerprint density at radius 3 is 2.10 bits per heavy atom. The Balaban J connectivity index is 4.15. The first-order chi connectivity index (χ1) is 19.7. The Hall–Kier alpha value is -2.03. The molecule has 10 heteroatoms. The SMILES string of the molecule is CCCCCCCC(=O)O[C@H](COC(=O)CCC/C=C\C/C=C\C/C=C\C=C\[C@H](O)CCCCC)COP(=O)(O)O. The molecule has 41 heavy (non-hydrogen) atoms. The van der Waals surface area contributed by atoms with Crippen molar-refractivity contribution in [1.82, 2.24) is 0 Å². The minimum Gasteiger partial charge on any atom is -0.462 e. The highest BCUT2D eigenvalue weighted by molar-refractivity contribution is 7.46.